The molecule has 0 saturated carbocycles. The van der Waals surface area contributed by atoms with Gasteiger partial charge in [0.2, 0.25) is 6.29 Å². The zero-order chi connectivity index (χ0) is 11.8. The highest BCUT2D eigenvalue weighted by Crippen LogP contribution is 2.33. The molecule has 3 heteroatoms. The van der Waals surface area contributed by atoms with Gasteiger partial charge in [0.1, 0.15) is 0 Å². The number of rotatable bonds is 1. The zero-order valence-electron chi connectivity index (χ0n) is 10.5. The predicted octanol–water partition coefficient (Wildman–Crippen LogP) is 2.59. The van der Waals surface area contributed by atoms with E-state index in [4.69, 9.17) is 9.47 Å². The molecule has 3 atom stereocenters. The fourth-order valence-electron chi connectivity index (χ4n) is 1.88. The molecule has 0 aliphatic carbocycles. The van der Waals surface area contributed by atoms with Gasteiger partial charge in [-0.1, -0.05) is 34.6 Å². The van der Waals surface area contributed by atoms with E-state index in [0.29, 0.717) is 0 Å². The summed E-state index contributed by atoms with van der Waals surface area (Å²) in [5, 5.41) is 0. The zero-order valence-corrected chi connectivity index (χ0v) is 10.5. The second kappa shape index (κ2) is 4.12. The second-order valence-corrected chi connectivity index (χ2v) is 5.75. The van der Waals surface area contributed by atoms with E-state index in [9.17, 15) is 4.79 Å². The summed E-state index contributed by atoms with van der Waals surface area (Å²) in [4.78, 5) is 11.8. The third-order valence-electron chi connectivity index (χ3n) is 2.76. The van der Waals surface area contributed by atoms with Crippen LogP contribution in [0.15, 0.2) is 0 Å². The molecule has 1 heterocycles. The summed E-state index contributed by atoms with van der Waals surface area (Å²) in [6.07, 6.45) is -0.481. The normalized spacial score (nSPS) is 33.0. The van der Waals surface area contributed by atoms with Gasteiger partial charge in [-0.05, 0) is 12.8 Å². The van der Waals surface area contributed by atoms with Crippen LogP contribution in [0.25, 0.3) is 0 Å². The maximum atomic E-state index is 11.8. The minimum atomic E-state index is -0.421. The van der Waals surface area contributed by atoms with Crippen LogP contribution in [0.5, 0.6) is 0 Å². The topological polar surface area (TPSA) is 35.5 Å². The van der Waals surface area contributed by atoms with Crippen LogP contribution in [0.1, 0.15) is 41.5 Å². The fraction of sp³-hybridized carbons (Fsp3) is 0.917. The van der Waals surface area contributed by atoms with Crippen LogP contribution in [0.3, 0.4) is 0 Å². The first kappa shape index (κ1) is 12.5. The highest BCUT2D eigenvalue weighted by Gasteiger charge is 2.42. The molecule has 0 N–H and O–H groups in total. The van der Waals surface area contributed by atoms with Crippen molar-refractivity contribution < 1.29 is 14.3 Å². The highest BCUT2D eigenvalue weighted by atomic mass is 16.7. The van der Waals surface area contributed by atoms with Crippen molar-refractivity contribution in [1.29, 1.82) is 0 Å². The molecule has 3 unspecified atom stereocenters. The molecule has 1 fully saturated rings. The van der Waals surface area contributed by atoms with Gasteiger partial charge in [0.25, 0.3) is 0 Å². The monoisotopic (exact) mass is 214 g/mol. The Morgan fingerprint density at radius 2 is 1.80 bits per heavy atom. The summed E-state index contributed by atoms with van der Waals surface area (Å²) in [5.74, 6) is 0.000642. The number of carbonyl (C=O) groups is 1. The Morgan fingerprint density at radius 1 is 1.27 bits per heavy atom. The van der Waals surface area contributed by atoms with E-state index < -0.39 is 6.29 Å². The third kappa shape index (κ3) is 2.71. The van der Waals surface area contributed by atoms with E-state index in [1.807, 2.05) is 41.5 Å². The Hall–Kier alpha value is -0.570. The number of hydrogen-bond donors (Lipinski definition) is 0. The summed E-state index contributed by atoms with van der Waals surface area (Å²) >= 11 is 0. The standard InChI is InChI=1S/C12H22O3/c1-7(2)9-8(3)14-11(12(4,5)6)15-10(9)13/h7-9,11H,1-6H3. The van der Waals surface area contributed by atoms with E-state index in [-0.39, 0.29) is 29.3 Å². The van der Waals surface area contributed by atoms with Crippen molar-refractivity contribution >= 4 is 5.97 Å². The van der Waals surface area contributed by atoms with Gasteiger partial charge in [-0.2, -0.15) is 0 Å². The van der Waals surface area contributed by atoms with Crippen molar-refractivity contribution in [2.75, 3.05) is 0 Å². The Balaban J connectivity index is 2.76. The number of hydrogen-bond acceptors (Lipinski definition) is 3. The first-order chi connectivity index (χ1) is 6.73. The predicted molar refractivity (Wildman–Crippen MR) is 58.2 cm³/mol. The average molecular weight is 214 g/mol. The van der Waals surface area contributed by atoms with Crippen LogP contribution in [0.2, 0.25) is 0 Å². The maximum Gasteiger partial charge on any atom is 0.314 e. The molecule has 0 aromatic rings. The van der Waals surface area contributed by atoms with E-state index in [1.165, 1.54) is 0 Å². The minimum Gasteiger partial charge on any atom is -0.435 e. The molecule has 0 bridgehead atoms. The average Bonchev–Trinajstić information content (AvgIpc) is 1.99. The molecular formula is C12H22O3. The van der Waals surface area contributed by atoms with Gasteiger partial charge in [0, 0.05) is 5.41 Å². The molecule has 0 aromatic carbocycles. The van der Waals surface area contributed by atoms with Gasteiger partial charge in [0.15, 0.2) is 0 Å². The van der Waals surface area contributed by atoms with Gasteiger partial charge < -0.3 is 9.47 Å². The first-order valence-electron chi connectivity index (χ1n) is 5.59. The van der Waals surface area contributed by atoms with Crippen molar-refractivity contribution in [3.63, 3.8) is 0 Å². The number of ether oxygens (including phenoxy) is 2. The van der Waals surface area contributed by atoms with Crippen molar-refractivity contribution in [3.8, 4) is 0 Å². The number of esters is 1. The Kier molecular flexibility index (Phi) is 3.44. The SMILES string of the molecule is CC(C)C1C(=O)OC(C(C)(C)C)OC1C. The summed E-state index contributed by atoms with van der Waals surface area (Å²) in [6, 6.07) is 0. The van der Waals surface area contributed by atoms with Crippen molar-refractivity contribution in [2.45, 2.75) is 53.9 Å². The molecule has 0 amide bonds. The molecule has 88 valence electrons. The van der Waals surface area contributed by atoms with Gasteiger partial charge in [0.05, 0.1) is 12.0 Å². The Morgan fingerprint density at radius 3 is 2.13 bits per heavy atom. The maximum absolute atomic E-state index is 11.8. The molecule has 1 rings (SSSR count). The van der Waals surface area contributed by atoms with Gasteiger partial charge >= 0.3 is 5.97 Å². The molecule has 1 aliphatic rings. The van der Waals surface area contributed by atoms with Gasteiger partial charge in [-0.3, -0.25) is 4.79 Å². The lowest BCUT2D eigenvalue weighted by molar-refractivity contribution is -0.257. The van der Waals surface area contributed by atoms with E-state index in [2.05, 4.69) is 0 Å². The molecule has 1 aliphatic heterocycles. The summed E-state index contributed by atoms with van der Waals surface area (Å²) in [7, 11) is 0. The van der Waals surface area contributed by atoms with Gasteiger partial charge in [-0.25, -0.2) is 0 Å². The van der Waals surface area contributed by atoms with Gasteiger partial charge in [-0.15, -0.1) is 0 Å². The molecule has 0 spiro atoms. The highest BCUT2D eigenvalue weighted by molar-refractivity contribution is 5.74. The lowest BCUT2D eigenvalue weighted by Crippen LogP contribution is -2.48. The lowest BCUT2D eigenvalue weighted by Gasteiger charge is -2.40. The minimum absolute atomic E-state index is 0.0597. The van der Waals surface area contributed by atoms with Crippen molar-refractivity contribution in [1.82, 2.24) is 0 Å². The van der Waals surface area contributed by atoms with E-state index in [1.54, 1.807) is 0 Å². The van der Waals surface area contributed by atoms with E-state index in [0.717, 1.165) is 0 Å². The summed E-state index contributed by atoms with van der Waals surface area (Å²) in [6.45, 7) is 12.0. The van der Waals surface area contributed by atoms with Crippen molar-refractivity contribution in [3.05, 3.63) is 0 Å². The Labute approximate surface area is 92.1 Å². The molecule has 1 saturated heterocycles. The van der Waals surface area contributed by atoms with Crippen LogP contribution >= 0.6 is 0 Å². The lowest BCUT2D eigenvalue weighted by atomic mass is 9.88. The first-order valence-corrected chi connectivity index (χ1v) is 5.59. The quantitative estimate of drug-likeness (QED) is 0.629. The van der Waals surface area contributed by atoms with E-state index >= 15 is 0 Å². The van der Waals surface area contributed by atoms with Crippen LogP contribution in [0.4, 0.5) is 0 Å². The Bertz CT molecular complexity index is 240. The van der Waals surface area contributed by atoms with Crippen molar-refractivity contribution in [2.24, 2.45) is 17.3 Å². The molecule has 0 radical (unpaired) electrons. The molecule has 15 heavy (non-hydrogen) atoms. The smallest absolute Gasteiger partial charge is 0.314 e. The largest absolute Gasteiger partial charge is 0.435 e. The molecule has 0 aromatic heterocycles. The third-order valence-corrected chi connectivity index (χ3v) is 2.76. The van der Waals surface area contributed by atoms with Crippen LogP contribution in [-0.4, -0.2) is 18.4 Å². The van der Waals surface area contributed by atoms with Crippen LogP contribution in [-0.2, 0) is 14.3 Å². The number of cyclic esters (lactones) is 1. The number of carbonyl (C=O) groups excluding carboxylic acids is 1. The fourth-order valence-corrected chi connectivity index (χ4v) is 1.88. The van der Waals surface area contributed by atoms with Crippen LogP contribution in [0, 0.1) is 17.3 Å². The summed E-state index contributed by atoms with van der Waals surface area (Å²) < 4.78 is 11.1. The molecular weight excluding hydrogens is 192 g/mol. The van der Waals surface area contributed by atoms with Crippen LogP contribution < -0.4 is 0 Å². The second-order valence-electron chi connectivity index (χ2n) is 5.75. The molecule has 3 nitrogen and oxygen atoms in total. The summed E-state index contributed by atoms with van der Waals surface area (Å²) in [5.41, 5.74) is -0.161.